The Bertz CT molecular complexity index is 676. The summed E-state index contributed by atoms with van der Waals surface area (Å²) in [5, 5.41) is 0. The first-order valence-corrected chi connectivity index (χ1v) is 6.49. The summed E-state index contributed by atoms with van der Waals surface area (Å²) in [4.78, 5) is 11.7. The Morgan fingerprint density at radius 2 is 1.73 bits per heavy atom. The molecular formula is C16H12F4O2. The molecule has 0 N–H and O–H groups in total. The van der Waals surface area contributed by atoms with Gasteiger partial charge in [-0.25, -0.2) is 4.39 Å². The highest BCUT2D eigenvalue weighted by molar-refractivity contribution is 5.97. The molecule has 0 aromatic heterocycles. The summed E-state index contributed by atoms with van der Waals surface area (Å²) < 4.78 is 53.9. The second-order valence-corrected chi connectivity index (χ2v) is 4.54. The van der Waals surface area contributed by atoms with E-state index < -0.39 is 17.9 Å². The fourth-order valence-corrected chi connectivity index (χ4v) is 1.96. The highest BCUT2D eigenvalue weighted by atomic mass is 19.4. The van der Waals surface area contributed by atoms with Gasteiger partial charge in [-0.15, -0.1) is 13.2 Å². The number of rotatable bonds is 4. The van der Waals surface area contributed by atoms with Crippen molar-refractivity contribution in [3.05, 3.63) is 53.8 Å². The van der Waals surface area contributed by atoms with E-state index in [-0.39, 0.29) is 17.8 Å². The molecule has 0 aliphatic rings. The maximum atomic E-state index is 13.9. The molecule has 0 saturated heterocycles. The van der Waals surface area contributed by atoms with Gasteiger partial charge in [0, 0.05) is 17.5 Å². The monoisotopic (exact) mass is 312 g/mol. The van der Waals surface area contributed by atoms with Crippen molar-refractivity contribution in [2.45, 2.75) is 19.7 Å². The lowest BCUT2D eigenvalue weighted by Gasteiger charge is -2.10. The summed E-state index contributed by atoms with van der Waals surface area (Å²) in [6.07, 6.45) is -4.50. The quantitative estimate of drug-likeness (QED) is 0.587. The first-order chi connectivity index (χ1) is 10.3. The van der Waals surface area contributed by atoms with E-state index in [1.807, 2.05) is 0 Å². The van der Waals surface area contributed by atoms with Gasteiger partial charge in [-0.2, -0.15) is 0 Å². The zero-order valence-corrected chi connectivity index (χ0v) is 11.6. The van der Waals surface area contributed by atoms with Crippen LogP contribution in [-0.2, 0) is 0 Å². The molecule has 2 nitrogen and oxygen atoms in total. The van der Waals surface area contributed by atoms with Gasteiger partial charge in [-0.05, 0) is 35.9 Å². The summed E-state index contributed by atoms with van der Waals surface area (Å²) in [6.45, 7) is 1.69. The lowest BCUT2D eigenvalue weighted by Crippen LogP contribution is -2.16. The van der Waals surface area contributed by atoms with E-state index in [2.05, 4.69) is 4.74 Å². The Labute approximate surface area is 124 Å². The molecule has 2 aromatic rings. The fraction of sp³-hybridized carbons (Fsp3) is 0.188. The van der Waals surface area contributed by atoms with Crippen molar-refractivity contribution in [3.8, 4) is 16.9 Å². The van der Waals surface area contributed by atoms with Crippen LogP contribution in [0, 0.1) is 5.82 Å². The number of hydrogen-bond donors (Lipinski definition) is 0. The molecule has 2 rings (SSSR count). The largest absolute Gasteiger partial charge is 0.573 e. The molecule has 0 saturated carbocycles. The lowest BCUT2D eigenvalue weighted by atomic mass is 10.00. The number of hydrogen-bond acceptors (Lipinski definition) is 2. The van der Waals surface area contributed by atoms with E-state index >= 15 is 0 Å². The number of carbonyl (C=O) groups excluding carboxylic acids is 1. The fourth-order valence-electron chi connectivity index (χ4n) is 1.96. The van der Waals surface area contributed by atoms with Gasteiger partial charge in [-0.3, -0.25) is 4.79 Å². The zero-order valence-electron chi connectivity index (χ0n) is 11.6. The summed E-state index contributed by atoms with van der Waals surface area (Å²) in [5.41, 5.74) is 0.866. The van der Waals surface area contributed by atoms with Gasteiger partial charge in [-0.1, -0.05) is 19.1 Å². The van der Waals surface area contributed by atoms with Crippen molar-refractivity contribution < 1.29 is 27.1 Å². The third-order valence-corrected chi connectivity index (χ3v) is 3.01. The minimum Gasteiger partial charge on any atom is -0.406 e. The van der Waals surface area contributed by atoms with Crippen LogP contribution in [0.2, 0.25) is 0 Å². The minimum atomic E-state index is -4.78. The van der Waals surface area contributed by atoms with Gasteiger partial charge in [0.25, 0.3) is 0 Å². The van der Waals surface area contributed by atoms with Crippen molar-refractivity contribution in [1.82, 2.24) is 0 Å². The van der Waals surface area contributed by atoms with Crippen molar-refractivity contribution in [1.29, 1.82) is 0 Å². The second kappa shape index (κ2) is 6.17. The highest BCUT2D eigenvalue weighted by Gasteiger charge is 2.31. The third kappa shape index (κ3) is 3.84. The van der Waals surface area contributed by atoms with Crippen LogP contribution in [0.1, 0.15) is 23.7 Å². The van der Waals surface area contributed by atoms with E-state index in [9.17, 15) is 22.4 Å². The summed E-state index contributed by atoms with van der Waals surface area (Å²) in [7, 11) is 0. The Kier molecular flexibility index (Phi) is 4.49. The highest BCUT2D eigenvalue weighted by Crippen LogP contribution is 2.28. The first-order valence-electron chi connectivity index (χ1n) is 6.49. The van der Waals surface area contributed by atoms with E-state index in [1.54, 1.807) is 6.92 Å². The first kappa shape index (κ1) is 16.0. The number of carbonyl (C=O) groups is 1. The number of benzene rings is 2. The van der Waals surface area contributed by atoms with Crippen LogP contribution >= 0.6 is 0 Å². The molecule has 0 unspecified atom stereocenters. The van der Waals surface area contributed by atoms with Crippen LogP contribution in [0.5, 0.6) is 5.75 Å². The van der Waals surface area contributed by atoms with Gasteiger partial charge >= 0.3 is 6.36 Å². The molecule has 116 valence electrons. The number of halogens is 4. The van der Waals surface area contributed by atoms with E-state index in [1.165, 1.54) is 30.3 Å². The SMILES string of the molecule is CCC(=O)c1ccc(F)c(-c2ccc(OC(F)(F)F)cc2)c1. The Morgan fingerprint density at radius 1 is 1.09 bits per heavy atom. The molecule has 0 heterocycles. The molecule has 0 atom stereocenters. The Balaban J connectivity index is 2.33. The van der Waals surface area contributed by atoms with Crippen LogP contribution in [0.3, 0.4) is 0 Å². The molecule has 0 radical (unpaired) electrons. The molecular weight excluding hydrogens is 300 g/mol. The van der Waals surface area contributed by atoms with Crippen LogP contribution < -0.4 is 4.74 Å². The number of ketones is 1. The predicted molar refractivity (Wildman–Crippen MR) is 73.1 cm³/mol. The number of ether oxygens (including phenoxy) is 1. The average molecular weight is 312 g/mol. The summed E-state index contributed by atoms with van der Waals surface area (Å²) in [5.74, 6) is -1.09. The van der Waals surface area contributed by atoms with E-state index in [0.29, 0.717) is 11.1 Å². The van der Waals surface area contributed by atoms with Gasteiger partial charge < -0.3 is 4.74 Å². The molecule has 6 heteroatoms. The van der Waals surface area contributed by atoms with Crippen molar-refractivity contribution >= 4 is 5.78 Å². The van der Waals surface area contributed by atoms with Crippen LogP contribution in [0.15, 0.2) is 42.5 Å². The maximum Gasteiger partial charge on any atom is 0.573 e. The molecule has 0 fully saturated rings. The standard InChI is InChI=1S/C16H12F4O2/c1-2-15(21)11-5-8-14(17)13(9-11)10-3-6-12(7-4-10)22-16(18,19)20/h3-9H,2H2,1H3. The van der Waals surface area contributed by atoms with Crippen molar-refractivity contribution in [3.63, 3.8) is 0 Å². The lowest BCUT2D eigenvalue weighted by molar-refractivity contribution is -0.274. The third-order valence-electron chi connectivity index (χ3n) is 3.01. The summed E-state index contributed by atoms with van der Waals surface area (Å²) in [6, 6.07) is 8.73. The topological polar surface area (TPSA) is 26.3 Å². The second-order valence-electron chi connectivity index (χ2n) is 4.54. The summed E-state index contributed by atoms with van der Waals surface area (Å²) >= 11 is 0. The van der Waals surface area contributed by atoms with Crippen molar-refractivity contribution in [2.75, 3.05) is 0 Å². The normalized spacial score (nSPS) is 11.3. The van der Waals surface area contributed by atoms with Gasteiger partial charge in [0.15, 0.2) is 5.78 Å². The average Bonchev–Trinajstić information content (AvgIpc) is 2.46. The van der Waals surface area contributed by atoms with Crippen molar-refractivity contribution in [2.24, 2.45) is 0 Å². The Hall–Kier alpha value is -2.37. The molecule has 0 amide bonds. The predicted octanol–water partition coefficient (Wildman–Crippen LogP) is 4.98. The van der Waals surface area contributed by atoms with E-state index in [0.717, 1.165) is 12.1 Å². The van der Waals surface area contributed by atoms with Gasteiger partial charge in [0.1, 0.15) is 11.6 Å². The number of Topliss-reactive ketones (excluding diaryl/α,β-unsaturated/α-hetero) is 1. The molecule has 0 aliphatic heterocycles. The van der Waals surface area contributed by atoms with Crippen LogP contribution in [0.25, 0.3) is 11.1 Å². The zero-order chi connectivity index (χ0) is 16.3. The molecule has 2 aromatic carbocycles. The molecule has 22 heavy (non-hydrogen) atoms. The van der Waals surface area contributed by atoms with E-state index in [4.69, 9.17) is 0 Å². The number of alkyl halides is 3. The molecule has 0 bridgehead atoms. The molecule has 0 spiro atoms. The molecule has 0 aliphatic carbocycles. The minimum absolute atomic E-state index is 0.140. The van der Waals surface area contributed by atoms with Gasteiger partial charge in [0.2, 0.25) is 0 Å². The van der Waals surface area contributed by atoms with Crippen LogP contribution in [0.4, 0.5) is 17.6 Å². The van der Waals surface area contributed by atoms with Gasteiger partial charge in [0.05, 0.1) is 0 Å². The smallest absolute Gasteiger partial charge is 0.406 e. The van der Waals surface area contributed by atoms with Crippen LogP contribution in [-0.4, -0.2) is 12.1 Å². The Morgan fingerprint density at radius 3 is 2.27 bits per heavy atom. The maximum absolute atomic E-state index is 13.9.